The summed E-state index contributed by atoms with van der Waals surface area (Å²) in [6.07, 6.45) is 1.20. The van der Waals surface area contributed by atoms with Crippen molar-refractivity contribution in [3.8, 4) is 0 Å². The smallest absolute Gasteiger partial charge is 0.0428 e. The molecule has 1 saturated heterocycles. The normalized spacial score (nSPS) is 22.2. The number of hydrogen-bond acceptors (Lipinski definition) is 2. The van der Waals surface area contributed by atoms with Crippen LogP contribution in [0.1, 0.15) is 37.0 Å². The molecule has 18 heavy (non-hydrogen) atoms. The Labute approximate surface area is 111 Å². The van der Waals surface area contributed by atoms with Gasteiger partial charge in [-0.15, -0.1) is 0 Å². The van der Waals surface area contributed by atoms with E-state index >= 15 is 0 Å². The summed E-state index contributed by atoms with van der Waals surface area (Å²) in [6.45, 7) is 12.2. The second-order valence-corrected chi connectivity index (χ2v) is 6.46. The van der Waals surface area contributed by atoms with Crippen LogP contribution < -0.4 is 10.2 Å². The first-order chi connectivity index (χ1) is 8.30. The second kappa shape index (κ2) is 4.58. The predicted molar refractivity (Wildman–Crippen MR) is 79.5 cm³/mol. The van der Waals surface area contributed by atoms with Crippen LogP contribution in [0, 0.1) is 20.8 Å². The van der Waals surface area contributed by atoms with Gasteiger partial charge in [-0.3, -0.25) is 0 Å². The van der Waals surface area contributed by atoms with Crippen LogP contribution in [0.15, 0.2) is 12.1 Å². The molecule has 1 aliphatic heterocycles. The van der Waals surface area contributed by atoms with Gasteiger partial charge in [0.1, 0.15) is 0 Å². The van der Waals surface area contributed by atoms with Crippen molar-refractivity contribution in [1.82, 2.24) is 5.32 Å². The molecule has 1 aromatic carbocycles. The highest BCUT2D eigenvalue weighted by Crippen LogP contribution is 2.29. The number of benzene rings is 1. The van der Waals surface area contributed by atoms with E-state index in [0.717, 1.165) is 6.54 Å². The molecule has 0 amide bonds. The van der Waals surface area contributed by atoms with Crippen molar-refractivity contribution in [3.63, 3.8) is 0 Å². The summed E-state index contributed by atoms with van der Waals surface area (Å²) in [5.41, 5.74) is 5.79. The van der Waals surface area contributed by atoms with Gasteiger partial charge in [0.25, 0.3) is 0 Å². The molecular formula is C16H26N2. The van der Waals surface area contributed by atoms with Crippen molar-refractivity contribution in [2.75, 3.05) is 18.5 Å². The number of nitrogens with one attached hydrogen (secondary N) is 1. The number of nitrogens with zero attached hydrogens (tertiary/aromatic N) is 1. The summed E-state index contributed by atoms with van der Waals surface area (Å²) in [4.78, 5) is 2.45. The number of likely N-dealkylation sites (N-methyl/N-ethyl adjacent to an activating group) is 1. The molecule has 0 aliphatic carbocycles. The van der Waals surface area contributed by atoms with Crippen molar-refractivity contribution < 1.29 is 0 Å². The highest BCUT2D eigenvalue weighted by atomic mass is 15.2. The molecule has 0 aromatic heterocycles. The van der Waals surface area contributed by atoms with Crippen molar-refractivity contribution in [3.05, 3.63) is 28.8 Å². The topological polar surface area (TPSA) is 15.3 Å². The lowest BCUT2D eigenvalue weighted by Crippen LogP contribution is -2.33. The van der Waals surface area contributed by atoms with Gasteiger partial charge in [-0.1, -0.05) is 6.07 Å². The fraction of sp³-hybridized carbons (Fsp3) is 0.625. The molecule has 0 bridgehead atoms. The minimum Gasteiger partial charge on any atom is -0.370 e. The quantitative estimate of drug-likeness (QED) is 0.862. The summed E-state index contributed by atoms with van der Waals surface area (Å²) < 4.78 is 0. The molecule has 1 aliphatic rings. The van der Waals surface area contributed by atoms with Gasteiger partial charge in [-0.05, 0) is 63.8 Å². The van der Waals surface area contributed by atoms with Crippen molar-refractivity contribution >= 4 is 5.69 Å². The Morgan fingerprint density at radius 3 is 2.28 bits per heavy atom. The Balaban J connectivity index is 2.24. The van der Waals surface area contributed by atoms with Crippen molar-refractivity contribution in [2.24, 2.45) is 0 Å². The van der Waals surface area contributed by atoms with Gasteiger partial charge in [0.05, 0.1) is 0 Å². The second-order valence-electron chi connectivity index (χ2n) is 6.46. The molecule has 0 spiro atoms. The van der Waals surface area contributed by atoms with Gasteiger partial charge >= 0.3 is 0 Å². The van der Waals surface area contributed by atoms with Gasteiger partial charge in [-0.25, -0.2) is 0 Å². The standard InChI is InChI=1S/C16H26N2/c1-11-7-13(3)15(8-12(11)2)18(6)14-9-16(4,5)17-10-14/h7-8,14,17H,9-10H2,1-6H3. The van der Waals surface area contributed by atoms with E-state index in [1.807, 2.05) is 0 Å². The summed E-state index contributed by atoms with van der Waals surface area (Å²) in [6, 6.07) is 5.23. The van der Waals surface area contributed by atoms with E-state index < -0.39 is 0 Å². The Hall–Kier alpha value is -1.02. The lowest BCUT2D eigenvalue weighted by molar-refractivity contribution is 0.454. The molecule has 1 fully saturated rings. The molecule has 1 heterocycles. The largest absolute Gasteiger partial charge is 0.370 e. The Kier molecular flexibility index (Phi) is 3.41. The van der Waals surface area contributed by atoms with Crippen LogP contribution in [-0.2, 0) is 0 Å². The van der Waals surface area contributed by atoms with Crippen LogP contribution >= 0.6 is 0 Å². The molecule has 2 rings (SSSR count). The first-order valence-corrected chi connectivity index (χ1v) is 6.86. The van der Waals surface area contributed by atoms with Crippen molar-refractivity contribution in [1.29, 1.82) is 0 Å². The maximum Gasteiger partial charge on any atom is 0.0428 e. The van der Waals surface area contributed by atoms with E-state index in [-0.39, 0.29) is 5.54 Å². The zero-order valence-electron chi connectivity index (χ0n) is 12.6. The van der Waals surface area contributed by atoms with E-state index in [0.29, 0.717) is 6.04 Å². The average molecular weight is 246 g/mol. The van der Waals surface area contributed by atoms with Crippen LogP contribution in [0.3, 0.4) is 0 Å². The summed E-state index contributed by atoms with van der Waals surface area (Å²) in [5.74, 6) is 0. The van der Waals surface area contributed by atoms with E-state index in [1.54, 1.807) is 0 Å². The van der Waals surface area contributed by atoms with Gasteiger partial charge in [0.15, 0.2) is 0 Å². The molecule has 0 radical (unpaired) electrons. The first kappa shape index (κ1) is 13.4. The van der Waals surface area contributed by atoms with Crippen LogP contribution in [0.2, 0.25) is 0 Å². The number of rotatable bonds is 2. The van der Waals surface area contributed by atoms with Crippen LogP contribution in [0.5, 0.6) is 0 Å². The molecule has 1 unspecified atom stereocenters. The van der Waals surface area contributed by atoms with Gasteiger partial charge < -0.3 is 10.2 Å². The fourth-order valence-corrected chi connectivity index (χ4v) is 2.92. The van der Waals surface area contributed by atoms with E-state index in [9.17, 15) is 0 Å². The zero-order valence-corrected chi connectivity index (χ0v) is 12.6. The SMILES string of the molecule is Cc1cc(C)c(N(C)C2CNC(C)(C)C2)cc1C. The van der Waals surface area contributed by atoms with Crippen LogP contribution in [-0.4, -0.2) is 25.2 Å². The van der Waals surface area contributed by atoms with Crippen LogP contribution in [0.25, 0.3) is 0 Å². The lowest BCUT2D eigenvalue weighted by atomic mass is 9.99. The first-order valence-electron chi connectivity index (χ1n) is 6.86. The summed E-state index contributed by atoms with van der Waals surface area (Å²) >= 11 is 0. The molecule has 2 heteroatoms. The number of anilines is 1. The highest BCUT2D eigenvalue weighted by Gasteiger charge is 2.32. The van der Waals surface area contributed by atoms with E-state index in [1.165, 1.54) is 28.8 Å². The number of hydrogen-bond donors (Lipinski definition) is 1. The summed E-state index contributed by atoms with van der Waals surface area (Å²) in [7, 11) is 2.23. The highest BCUT2D eigenvalue weighted by molar-refractivity contribution is 5.57. The fourth-order valence-electron chi connectivity index (χ4n) is 2.92. The number of aryl methyl sites for hydroxylation is 3. The third-order valence-corrected chi connectivity index (χ3v) is 4.30. The Morgan fingerprint density at radius 1 is 1.11 bits per heavy atom. The van der Waals surface area contributed by atoms with E-state index in [2.05, 4.69) is 64.0 Å². The zero-order chi connectivity index (χ0) is 13.5. The molecule has 2 nitrogen and oxygen atoms in total. The monoisotopic (exact) mass is 246 g/mol. The molecule has 0 saturated carbocycles. The van der Waals surface area contributed by atoms with Gasteiger partial charge in [0.2, 0.25) is 0 Å². The van der Waals surface area contributed by atoms with Gasteiger partial charge in [0, 0.05) is 30.9 Å². The lowest BCUT2D eigenvalue weighted by Gasteiger charge is -2.29. The van der Waals surface area contributed by atoms with Crippen LogP contribution in [0.4, 0.5) is 5.69 Å². The summed E-state index contributed by atoms with van der Waals surface area (Å²) in [5, 5.41) is 3.60. The van der Waals surface area contributed by atoms with Crippen molar-refractivity contribution in [2.45, 2.75) is 52.6 Å². The maximum atomic E-state index is 3.60. The average Bonchev–Trinajstić information content (AvgIpc) is 2.63. The molecular weight excluding hydrogens is 220 g/mol. The maximum absolute atomic E-state index is 3.60. The molecule has 1 aromatic rings. The Morgan fingerprint density at radius 2 is 1.72 bits per heavy atom. The third-order valence-electron chi connectivity index (χ3n) is 4.30. The molecule has 1 atom stereocenters. The third kappa shape index (κ3) is 2.54. The van der Waals surface area contributed by atoms with Gasteiger partial charge in [-0.2, -0.15) is 0 Å². The molecule has 100 valence electrons. The molecule has 1 N–H and O–H groups in total. The predicted octanol–water partition coefficient (Wildman–Crippen LogP) is 3.19. The minimum atomic E-state index is 0.270. The Bertz CT molecular complexity index is 449. The minimum absolute atomic E-state index is 0.270. The van der Waals surface area contributed by atoms with E-state index in [4.69, 9.17) is 0 Å².